The highest BCUT2D eigenvalue weighted by Crippen LogP contribution is 2.43. The van der Waals surface area contributed by atoms with Crippen molar-refractivity contribution in [3.63, 3.8) is 0 Å². The molecule has 2 aromatic heterocycles. The van der Waals surface area contributed by atoms with Crippen LogP contribution in [0.4, 0.5) is 5.82 Å². The Kier molecular flexibility index (Phi) is 4.51. The van der Waals surface area contributed by atoms with Crippen LogP contribution in [0.5, 0.6) is 0 Å². The van der Waals surface area contributed by atoms with Crippen molar-refractivity contribution in [1.82, 2.24) is 19.5 Å². The third kappa shape index (κ3) is 3.14. The summed E-state index contributed by atoms with van der Waals surface area (Å²) in [5, 5.41) is 12.5. The summed E-state index contributed by atoms with van der Waals surface area (Å²) < 4.78 is 19.6. The second-order valence-corrected chi connectivity index (χ2v) is 7.68. The normalized spacial score (nSPS) is 27.3. The molecule has 1 aromatic carbocycles. The van der Waals surface area contributed by atoms with Crippen LogP contribution in [-0.4, -0.2) is 61.2 Å². The fourth-order valence-corrected chi connectivity index (χ4v) is 3.93. The van der Waals surface area contributed by atoms with E-state index in [-0.39, 0.29) is 12.5 Å². The molecule has 2 saturated heterocycles. The van der Waals surface area contributed by atoms with Crippen LogP contribution in [-0.2, 0) is 14.2 Å². The number of amides is 1. The molecule has 0 aliphatic carbocycles. The fourth-order valence-electron chi connectivity index (χ4n) is 3.93. The molecule has 0 bridgehead atoms. The first-order valence-electron chi connectivity index (χ1n) is 9.63. The third-order valence-electron chi connectivity index (χ3n) is 5.21. The van der Waals surface area contributed by atoms with E-state index in [1.54, 1.807) is 35.2 Å². The molecular weight excluding hydrogens is 395 g/mol. The highest BCUT2D eigenvalue weighted by atomic mass is 16.9. The Bertz CT molecular complexity index is 1090. The van der Waals surface area contributed by atoms with Gasteiger partial charge in [0, 0.05) is 5.56 Å². The topological polar surface area (TPSA) is 121 Å². The van der Waals surface area contributed by atoms with Crippen LogP contribution < -0.4 is 5.32 Å². The van der Waals surface area contributed by atoms with Gasteiger partial charge in [-0.1, -0.05) is 18.2 Å². The Labute approximate surface area is 171 Å². The first-order chi connectivity index (χ1) is 14.5. The zero-order valence-electron chi connectivity index (χ0n) is 16.4. The van der Waals surface area contributed by atoms with Crippen molar-refractivity contribution in [1.29, 1.82) is 0 Å². The van der Waals surface area contributed by atoms with Gasteiger partial charge in [0.2, 0.25) is 0 Å². The lowest BCUT2D eigenvalue weighted by Crippen LogP contribution is -2.31. The average molecular weight is 416 g/mol. The van der Waals surface area contributed by atoms with Crippen molar-refractivity contribution in [2.24, 2.45) is 0 Å². The molecule has 4 heterocycles. The van der Waals surface area contributed by atoms with Crippen molar-refractivity contribution < 1.29 is 24.1 Å². The zero-order valence-corrected chi connectivity index (χ0v) is 16.4. The molecule has 10 heteroatoms. The van der Waals surface area contributed by atoms with Crippen molar-refractivity contribution in [2.45, 2.75) is 44.2 Å². The Morgan fingerprint density at radius 3 is 2.70 bits per heavy atom. The molecule has 156 valence electrons. The molecule has 3 aromatic rings. The lowest BCUT2D eigenvalue weighted by molar-refractivity contribution is -0.199. The van der Waals surface area contributed by atoms with Crippen LogP contribution in [0.25, 0.3) is 11.2 Å². The molecule has 0 unspecified atom stereocenters. The highest BCUT2D eigenvalue weighted by molar-refractivity contribution is 6.06. The van der Waals surface area contributed by atoms with Gasteiger partial charge in [0.15, 0.2) is 29.0 Å². The minimum Gasteiger partial charge on any atom is -0.394 e. The summed E-state index contributed by atoms with van der Waals surface area (Å²) in [5.74, 6) is -0.785. The van der Waals surface area contributed by atoms with Gasteiger partial charge >= 0.3 is 0 Å². The number of ether oxygens (including phenoxy) is 3. The molecule has 10 nitrogen and oxygen atoms in total. The molecule has 1 amide bonds. The second kappa shape index (κ2) is 7.10. The van der Waals surface area contributed by atoms with Crippen molar-refractivity contribution >= 4 is 22.9 Å². The summed E-state index contributed by atoms with van der Waals surface area (Å²) in [5.41, 5.74) is 1.41. The van der Waals surface area contributed by atoms with E-state index in [4.69, 9.17) is 14.2 Å². The summed E-state index contributed by atoms with van der Waals surface area (Å²) in [7, 11) is 0. The molecule has 2 aliphatic heterocycles. The van der Waals surface area contributed by atoms with E-state index in [1.807, 2.05) is 19.9 Å². The molecule has 2 N–H and O–H groups in total. The minimum absolute atomic E-state index is 0.197. The maximum Gasteiger partial charge on any atom is 0.256 e. The predicted molar refractivity (Wildman–Crippen MR) is 105 cm³/mol. The third-order valence-corrected chi connectivity index (χ3v) is 5.21. The van der Waals surface area contributed by atoms with Crippen molar-refractivity contribution in [3.8, 4) is 0 Å². The van der Waals surface area contributed by atoms with Gasteiger partial charge in [0.25, 0.3) is 5.91 Å². The van der Waals surface area contributed by atoms with Crippen molar-refractivity contribution in [3.05, 3.63) is 48.5 Å². The number of aliphatic hydroxyl groups is 1. The Balaban J connectivity index is 1.47. The van der Waals surface area contributed by atoms with E-state index >= 15 is 0 Å². The molecular formula is C20H21N5O5. The number of nitrogens with zero attached hydrogens (tertiary/aromatic N) is 4. The van der Waals surface area contributed by atoms with Gasteiger partial charge in [-0.15, -0.1) is 0 Å². The Morgan fingerprint density at radius 1 is 1.17 bits per heavy atom. The maximum absolute atomic E-state index is 12.5. The number of carbonyl (C=O) groups is 1. The molecule has 5 rings (SSSR count). The van der Waals surface area contributed by atoms with E-state index in [1.165, 1.54) is 6.33 Å². The van der Waals surface area contributed by atoms with Crippen LogP contribution in [0, 0.1) is 0 Å². The number of carbonyl (C=O) groups excluding carboxylic acids is 1. The van der Waals surface area contributed by atoms with Crippen LogP contribution >= 0.6 is 0 Å². The molecule has 30 heavy (non-hydrogen) atoms. The number of aliphatic hydroxyl groups excluding tert-OH is 1. The summed E-state index contributed by atoms with van der Waals surface area (Å²) >= 11 is 0. The fraction of sp³-hybridized carbons (Fsp3) is 0.400. The number of aromatic nitrogens is 4. The molecule has 4 atom stereocenters. The Morgan fingerprint density at radius 2 is 1.93 bits per heavy atom. The molecule has 0 spiro atoms. The number of hydrogen-bond acceptors (Lipinski definition) is 8. The zero-order chi connectivity index (χ0) is 20.9. The quantitative estimate of drug-likeness (QED) is 0.614. The SMILES string of the molecule is CC1(C)O[13C@@H]2[13C@H](O1)[13C@@H]([13CH2]O)O[13C@H]2n1cnc2c(NC(=O)c3ccccc3)ncnc21. The lowest BCUT2D eigenvalue weighted by atomic mass is 10.2. The van der Waals surface area contributed by atoms with Gasteiger partial charge in [0.1, 0.15) is 24.6 Å². The first-order valence-corrected chi connectivity index (χ1v) is 9.63. The first kappa shape index (κ1) is 19.1. The largest absolute Gasteiger partial charge is 0.394 e. The summed E-state index contributed by atoms with van der Waals surface area (Å²) in [4.78, 5) is 25.4. The molecule has 0 radical (unpaired) electrons. The monoisotopic (exact) mass is 416 g/mol. The second-order valence-electron chi connectivity index (χ2n) is 7.68. The molecule has 0 saturated carbocycles. The van der Waals surface area contributed by atoms with Crippen LogP contribution in [0.15, 0.2) is 43.0 Å². The van der Waals surface area contributed by atoms with Crippen LogP contribution in [0.3, 0.4) is 0 Å². The number of anilines is 1. The number of nitrogens with one attached hydrogen (secondary N) is 1. The Hall–Kier alpha value is -2.92. The standard InChI is InChI=1S/C20H21N5O5/c1-20(2)29-14-12(8-26)28-19(15(14)30-20)25-10-23-13-16(21-9-22-17(13)25)24-18(27)11-6-4-3-5-7-11/h3-7,9-10,12,14-15,19,26H,8H2,1-2H3,(H,21,22,24,27)/t12-,14-,15-,19-/m1/s1/i8+1,12+1,14+1,15+1,19+1. The van der Waals surface area contributed by atoms with Gasteiger partial charge in [-0.3, -0.25) is 9.36 Å². The number of fused-ring (bicyclic) bond motifs is 2. The van der Waals surface area contributed by atoms with E-state index in [9.17, 15) is 9.90 Å². The predicted octanol–water partition coefficient (Wildman–Crippen LogP) is 1.49. The maximum atomic E-state index is 12.5. The summed E-state index contributed by atoms with van der Waals surface area (Å²) in [6.07, 6.45) is 0.948. The minimum atomic E-state index is -0.787. The average Bonchev–Trinajstić information content (AvgIpc) is 3.39. The number of benzene rings is 1. The van der Waals surface area contributed by atoms with E-state index in [0.717, 1.165) is 0 Å². The molecule has 2 aliphatic rings. The smallest absolute Gasteiger partial charge is 0.256 e. The number of imidazole rings is 1. The van der Waals surface area contributed by atoms with Crippen molar-refractivity contribution in [2.75, 3.05) is 11.9 Å². The van der Waals surface area contributed by atoms with Gasteiger partial charge in [-0.2, -0.15) is 0 Å². The van der Waals surface area contributed by atoms with Crippen LogP contribution in [0.1, 0.15) is 30.4 Å². The summed E-state index contributed by atoms with van der Waals surface area (Å²) in [6.45, 7) is 3.45. The van der Waals surface area contributed by atoms with Crippen LogP contribution in [0.2, 0.25) is 0 Å². The van der Waals surface area contributed by atoms with E-state index in [2.05, 4.69) is 20.3 Å². The lowest BCUT2D eigenvalue weighted by Gasteiger charge is -2.24. The van der Waals surface area contributed by atoms with Gasteiger partial charge < -0.3 is 24.6 Å². The van der Waals surface area contributed by atoms with Gasteiger partial charge in [-0.05, 0) is 26.0 Å². The van der Waals surface area contributed by atoms with Gasteiger partial charge in [0.05, 0.1) is 12.9 Å². The van der Waals surface area contributed by atoms with E-state index in [0.29, 0.717) is 22.5 Å². The molecule has 2 fully saturated rings. The number of hydrogen-bond donors (Lipinski definition) is 2. The number of rotatable bonds is 4. The summed E-state index contributed by atoms with van der Waals surface area (Å²) in [6, 6.07) is 8.84. The van der Waals surface area contributed by atoms with E-state index < -0.39 is 30.3 Å². The van der Waals surface area contributed by atoms with Gasteiger partial charge in [-0.25, -0.2) is 15.0 Å². The highest BCUT2D eigenvalue weighted by Gasteiger charge is 2.56.